The molecule has 1 aliphatic carbocycles. The number of fused-ring (bicyclic) bond motifs is 5. The molecule has 2 aromatic carbocycles. The maximum Gasteiger partial charge on any atom is 0.119 e. The average molecular weight is 251 g/mol. The third kappa shape index (κ3) is 1.43. The van der Waals surface area contributed by atoms with Crippen molar-refractivity contribution in [3.63, 3.8) is 0 Å². The lowest BCUT2D eigenvalue weighted by Gasteiger charge is -2.12. The Bertz CT molecular complexity index is 662. The molecule has 0 unspecified atom stereocenters. The number of benzene rings is 2. The number of hydrogen-bond donors (Lipinski definition) is 1. The maximum absolute atomic E-state index is 5.42. The minimum atomic E-state index is 0.442. The average Bonchev–Trinajstić information content (AvgIpc) is 2.95. The van der Waals surface area contributed by atoms with E-state index >= 15 is 0 Å². The van der Waals surface area contributed by atoms with Crippen molar-refractivity contribution in [3.8, 4) is 5.75 Å². The molecule has 0 saturated carbocycles. The Kier molecular flexibility index (Phi) is 2.16. The predicted octanol–water partition coefficient (Wildman–Crippen LogP) is 3.81. The number of nitrogens with one attached hydrogen (secondary N) is 1. The van der Waals surface area contributed by atoms with E-state index in [1.807, 2.05) is 0 Å². The van der Waals surface area contributed by atoms with E-state index in [-0.39, 0.29) is 0 Å². The van der Waals surface area contributed by atoms with Gasteiger partial charge in [-0.1, -0.05) is 24.3 Å². The first-order valence-electron chi connectivity index (χ1n) is 6.81. The number of aryl methyl sites for hydroxylation is 1. The van der Waals surface area contributed by atoms with Crippen molar-refractivity contribution >= 4 is 5.69 Å². The molecule has 96 valence electrons. The first-order valence-corrected chi connectivity index (χ1v) is 6.81. The number of ether oxygens (including phenoxy) is 1. The summed E-state index contributed by atoms with van der Waals surface area (Å²) >= 11 is 0. The highest BCUT2D eigenvalue weighted by atomic mass is 16.5. The van der Waals surface area contributed by atoms with E-state index in [1.54, 1.807) is 7.11 Å². The van der Waals surface area contributed by atoms with E-state index in [0.717, 1.165) is 12.2 Å². The van der Waals surface area contributed by atoms with Crippen LogP contribution < -0.4 is 10.1 Å². The number of methoxy groups -OCH3 is 1. The summed E-state index contributed by atoms with van der Waals surface area (Å²) in [4.78, 5) is 0. The summed E-state index contributed by atoms with van der Waals surface area (Å²) in [5.74, 6) is 1.52. The minimum Gasteiger partial charge on any atom is -0.497 e. The molecule has 2 aliphatic rings. The quantitative estimate of drug-likeness (QED) is 0.832. The second kappa shape index (κ2) is 3.77. The van der Waals surface area contributed by atoms with E-state index < -0.39 is 0 Å². The van der Waals surface area contributed by atoms with Gasteiger partial charge in [0.1, 0.15) is 5.75 Å². The van der Waals surface area contributed by atoms with E-state index in [1.165, 1.54) is 27.9 Å². The fourth-order valence-corrected chi connectivity index (χ4v) is 3.61. The van der Waals surface area contributed by atoms with E-state index in [0.29, 0.717) is 12.0 Å². The van der Waals surface area contributed by atoms with Gasteiger partial charge in [0.25, 0.3) is 0 Å². The van der Waals surface area contributed by atoms with Crippen LogP contribution in [0.5, 0.6) is 5.75 Å². The summed E-state index contributed by atoms with van der Waals surface area (Å²) in [5, 5.41) is 3.72. The first-order chi connectivity index (χ1) is 9.28. The van der Waals surface area contributed by atoms with Gasteiger partial charge in [0.2, 0.25) is 0 Å². The van der Waals surface area contributed by atoms with Crippen molar-refractivity contribution in [2.75, 3.05) is 12.4 Å². The zero-order chi connectivity index (χ0) is 13.0. The molecule has 1 N–H and O–H groups in total. The van der Waals surface area contributed by atoms with E-state index in [2.05, 4.69) is 48.6 Å². The molecule has 0 saturated heterocycles. The first kappa shape index (κ1) is 10.9. The number of hydrogen-bond acceptors (Lipinski definition) is 2. The Hall–Kier alpha value is -1.96. The van der Waals surface area contributed by atoms with Gasteiger partial charge in [0.05, 0.1) is 13.2 Å². The van der Waals surface area contributed by atoms with Crippen molar-refractivity contribution in [2.45, 2.75) is 25.3 Å². The molecule has 1 aliphatic heterocycles. The summed E-state index contributed by atoms with van der Waals surface area (Å²) in [7, 11) is 1.74. The molecule has 0 spiro atoms. The van der Waals surface area contributed by atoms with E-state index in [9.17, 15) is 0 Å². The third-order valence-corrected chi connectivity index (χ3v) is 4.51. The van der Waals surface area contributed by atoms with Crippen molar-refractivity contribution < 1.29 is 4.74 Å². The van der Waals surface area contributed by atoms with Crippen LogP contribution in [0.15, 0.2) is 36.4 Å². The normalized spacial score (nSPS) is 22.4. The van der Waals surface area contributed by atoms with Gasteiger partial charge in [-0.25, -0.2) is 0 Å². The molecule has 2 atom stereocenters. The van der Waals surface area contributed by atoms with Crippen LogP contribution >= 0.6 is 0 Å². The molecular weight excluding hydrogens is 234 g/mol. The lowest BCUT2D eigenvalue weighted by atomic mass is 9.94. The topological polar surface area (TPSA) is 21.3 Å². The maximum atomic E-state index is 5.42. The number of rotatable bonds is 1. The SMILES string of the molecule is COc1cc(C)c2c(c1)[C@H]1Cc3ccccc3[C@H]1N2. The molecule has 0 amide bonds. The summed E-state index contributed by atoms with van der Waals surface area (Å²) in [6.07, 6.45) is 1.13. The summed E-state index contributed by atoms with van der Waals surface area (Å²) < 4.78 is 5.42. The molecule has 0 bridgehead atoms. The van der Waals surface area contributed by atoms with Gasteiger partial charge in [-0.2, -0.15) is 0 Å². The molecular formula is C17H17NO. The lowest BCUT2D eigenvalue weighted by molar-refractivity contribution is 0.414. The van der Waals surface area contributed by atoms with Crippen LogP contribution in [0.25, 0.3) is 0 Å². The van der Waals surface area contributed by atoms with Gasteiger partial charge in [-0.15, -0.1) is 0 Å². The van der Waals surface area contributed by atoms with Gasteiger partial charge in [-0.05, 0) is 47.7 Å². The van der Waals surface area contributed by atoms with Gasteiger partial charge >= 0.3 is 0 Å². The molecule has 19 heavy (non-hydrogen) atoms. The molecule has 1 heterocycles. The summed E-state index contributed by atoms with van der Waals surface area (Å²) in [6, 6.07) is 13.5. The lowest BCUT2D eigenvalue weighted by Crippen LogP contribution is -2.05. The van der Waals surface area contributed by atoms with E-state index in [4.69, 9.17) is 4.74 Å². The largest absolute Gasteiger partial charge is 0.497 e. The molecule has 0 aromatic heterocycles. The van der Waals surface area contributed by atoms with Gasteiger partial charge < -0.3 is 10.1 Å². The van der Waals surface area contributed by atoms with Gasteiger partial charge in [0.15, 0.2) is 0 Å². The summed E-state index contributed by atoms with van der Waals surface area (Å²) in [6.45, 7) is 2.15. The smallest absolute Gasteiger partial charge is 0.119 e. The molecule has 2 aromatic rings. The molecule has 2 nitrogen and oxygen atoms in total. The monoisotopic (exact) mass is 251 g/mol. The molecule has 0 radical (unpaired) electrons. The highest BCUT2D eigenvalue weighted by molar-refractivity contribution is 5.69. The van der Waals surface area contributed by atoms with Crippen molar-refractivity contribution in [1.29, 1.82) is 0 Å². The highest BCUT2D eigenvalue weighted by Gasteiger charge is 2.40. The highest BCUT2D eigenvalue weighted by Crippen LogP contribution is 2.53. The number of anilines is 1. The third-order valence-electron chi connectivity index (χ3n) is 4.51. The second-order valence-electron chi connectivity index (χ2n) is 5.54. The fourth-order valence-electron chi connectivity index (χ4n) is 3.61. The van der Waals surface area contributed by atoms with Crippen LogP contribution in [-0.2, 0) is 6.42 Å². The standard InChI is InChI=1S/C17H17NO/c1-10-7-12(19-2)9-15-14-8-11-5-3-4-6-13(11)17(14)18-16(10)15/h3-7,9,14,17-18H,8H2,1-2H3/t14-,17-/m1/s1. The minimum absolute atomic E-state index is 0.442. The van der Waals surface area contributed by atoms with Crippen LogP contribution in [0.2, 0.25) is 0 Å². The molecule has 0 fully saturated rings. The Labute approximate surface area is 113 Å². The zero-order valence-corrected chi connectivity index (χ0v) is 11.2. The Morgan fingerprint density at radius 2 is 2.00 bits per heavy atom. The van der Waals surface area contributed by atoms with Crippen LogP contribution in [-0.4, -0.2) is 7.11 Å². The Balaban J connectivity index is 1.84. The second-order valence-corrected chi connectivity index (χ2v) is 5.54. The van der Waals surface area contributed by atoms with Crippen molar-refractivity contribution in [1.82, 2.24) is 0 Å². The Morgan fingerprint density at radius 1 is 1.16 bits per heavy atom. The van der Waals surface area contributed by atoms with Crippen molar-refractivity contribution in [3.05, 3.63) is 58.7 Å². The van der Waals surface area contributed by atoms with Crippen LogP contribution in [0.1, 0.15) is 34.2 Å². The molecule has 2 heteroatoms. The van der Waals surface area contributed by atoms with Gasteiger partial charge in [-0.3, -0.25) is 0 Å². The predicted molar refractivity (Wildman–Crippen MR) is 77.0 cm³/mol. The van der Waals surface area contributed by atoms with Crippen LogP contribution in [0.3, 0.4) is 0 Å². The van der Waals surface area contributed by atoms with Crippen LogP contribution in [0, 0.1) is 6.92 Å². The Morgan fingerprint density at radius 3 is 2.84 bits per heavy atom. The summed E-state index contributed by atoms with van der Waals surface area (Å²) in [5.41, 5.74) is 6.95. The van der Waals surface area contributed by atoms with Crippen LogP contribution in [0.4, 0.5) is 5.69 Å². The van der Waals surface area contributed by atoms with Crippen molar-refractivity contribution in [2.24, 2.45) is 0 Å². The zero-order valence-electron chi connectivity index (χ0n) is 11.2. The van der Waals surface area contributed by atoms with Gasteiger partial charge in [0, 0.05) is 11.6 Å². The fraction of sp³-hybridized carbons (Fsp3) is 0.294. The molecule has 4 rings (SSSR count).